The van der Waals surface area contributed by atoms with Gasteiger partial charge in [-0.3, -0.25) is 0 Å². The van der Waals surface area contributed by atoms with E-state index in [1.54, 1.807) is 13.8 Å². The van der Waals surface area contributed by atoms with Gasteiger partial charge in [0, 0.05) is 6.54 Å². The minimum atomic E-state index is -0.907. The first-order valence-electron chi connectivity index (χ1n) is 5.02. The van der Waals surface area contributed by atoms with Crippen LogP contribution >= 0.6 is 0 Å². The second-order valence-electron chi connectivity index (χ2n) is 4.36. The molecule has 0 saturated carbocycles. The third kappa shape index (κ3) is 1.89. The maximum absolute atomic E-state index is 9.85. The van der Waals surface area contributed by atoms with Gasteiger partial charge in [0.25, 0.3) is 0 Å². The summed E-state index contributed by atoms with van der Waals surface area (Å²) in [6.45, 7) is 3.52. The molecule has 0 radical (unpaired) electrons. The summed E-state index contributed by atoms with van der Waals surface area (Å²) in [6.07, 6.45) is -3.72. The lowest BCUT2D eigenvalue weighted by Gasteiger charge is -2.25. The van der Waals surface area contributed by atoms with Gasteiger partial charge in [0.05, 0.1) is 6.10 Å². The van der Waals surface area contributed by atoms with Crippen molar-refractivity contribution in [3.8, 4) is 0 Å². The molecule has 15 heavy (non-hydrogen) atoms. The smallest absolute Gasteiger partial charge is 0.190 e. The molecule has 2 fully saturated rings. The molecule has 2 rings (SSSR count). The molecule has 88 valence electrons. The molecule has 0 aliphatic carbocycles. The molecule has 6 heteroatoms. The summed E-state index contributed by atoms with van der Waals surface area (Å²) < 4.78 is 16.2. The first kappa shape index (κ1) is 11.3. The van der Waals surface area contributed by atoms with Crippen molar-refractivity contribution in [3.63, 3.8) is 0 Å². The molecule has 2 heterocycles. The molecule has 0 aromatic rings. The molecule has 5 atom stereocenters. The zero-order valence-corrected chi connectivity index (χ0v) is 8.79. The fraction of sp³-hybridized carbons (Fsp3) is 1.00. The first-order chi connectivity index (χ1) is 6.94. The van der Waals surface area contributed by atoms with Crippen LogP contribution in [0.4, 0.5) is 0 Å². The molecule has 0 amide bonds. The maximum Gasteiger partial charge on any atom is 0.190 e. The average molecular weight is 219 g/mol. The molecular formula is C9H17NO5. The third-order valence-corrected chi connectivity index (χ3v) is 2.67. The molecule has 4 N–H and O–H groups in total. The quantitative estimate of drug-likeness (QED) is 0.525. The lowest BCUT2D eigenvalue weighted by Crippen LogP contribution is -2.43. The highest BCUT2D eigenvalue weighted by atomic mass is 16.8. The van der Waals surface area contributed by atoms with E-state index in [1.807, 2.05) is 0 Å². The van der Waals surface area contributed by atoms with E-state index in [2.05, 4.69) is 0 Å². The van der Waals surface area contributed by atoms with E-state index in [0.29, 0.717) is 0 Å². The topological polar surface area (TPSA) is 94.2 Å². The molecule has 0 spiro atoms. The Morgan fingerprint density at radius 3 is 2.60 bits per heavy atom. The van der Waals surface area contributed by atoms with Crippen LogP contribution in [0.2, 0.25) is 0 Å². The number of aliphatic hydroxyl groups excluding tert-OH is 2. The van der Waals surface area contributed by atoms with E-state index in [4.69, 9.17) is 19.9 Å². The van der Waals surface area contributed by atoms with Crippen LogP contribution in [-0.4, -0.2) is 53.3 Å². The molecule has 0 aromatic heterocycles. The highest BCUT2D eigenvalue weighted by Gasteiger charge is 2.55. The zero-order valence-electron chi connectivity index (χ0n) is 8.79. The van der Waals surface area contributed by atoms with Gasteiger partial charge in [-0.25, -0.2) is 0 Å². The Morgan fingerprint density at radius 2 is 2.07 bits per heavy atom. The number of ether oxygens (including phenoxy) is 3. The van der Waals surface area contributed by atoms with E-state index < -0.39 is 36.5 Å². The molecule has 2 aliphatic heterocycles. The van der Waals surface area contributed by atoms with Gasteiger partial charge in [-0.1, -0.05) is 0 Å². The lowest BCUT2D eigenvalue weighted by atomic mass is 10.1. The van der Waals surface area contributed by atoms with E-state index in [0.717, 1.165) is 0 Å². The second-order valence-corrected chi connectivity index (χ2v) is 4.36. The predicted octanol–water partition coefficient (Wildman–Crippen LogP) is -1.46. The summed E-state index contributed by atoms with van der Waals surface area (Å²) in [6, 6.07) is 0. The lowest BCUT2D eigenvalue weighted by molar-refractivity contribution is -0.225. The summed E-state index contributed by atoms with van der Waals surface area (Å²) in [5.74, 6) is -0.755. The summed E-state index contributed by atoms with van der Waals surface area (Å²) in [7, 11) is 0. The summed E-state index contributed by atoms with van der Waals surface area (Å²) in [4.78, 5) is 0. The number of hydrogen-bond donors (Lipinski definition) is 3. The van der Waals surface area contributed by atoms with Gasteiger partial charge in [-0.15, -0.1) is 0 Å². The SMILES string of the molecule is CC1(C)O[C@H]2O[C@H](C(O)CN)[C@H](O)[C@H]2O1. The number of fused-ring (bicyclic) bond motifs is 1. The Balaban J connectivity index is 2.05. The fourth-order valence-electron chi connectivity index (χ4n) is 1.97. The molecule has 6 nitrogen and oxygen atoms in total. The molecule has 1 unspecified atom stereocenters. The van der Waals surface area contributed by atoms with Crippen LogP contribution in [0.1, 0.15) is 13.8 Å². The number of rotatable bonds is 2. The van der Waals surface area contributed by atoms with Crippen LogP contribution in [0.3, 0.4) is 0 Å². The van der Waals surface area contributed by atoms with Crippen LogP contribution in [0.25, 0.3) is 0 Å². The van der Waals surface area contributed by atoms with Crippen molar-refractivity contribution < 1.29 is 24.4 Å². The molecule has 2 aliphatic rings. The van der Waals surface area contributed by atoms with Crippen molar-refractivity contribution in [1.29, 1.82) is 0 Å². The van der Waals surface area contributed by atoms with Crippen LogP contribution < -0.4 is 5.73 Å². The van der Waals surface area contributed by atoms with E-state index in [9.17, 15) is 10.2 Å². The van der Waals surface area contributed by atoms with Crippen LogP contribution in [-0.2, 0) is 14.2 Å². The van der Waals surface area contributed by atoms with E-state index >= 15 is 0 Å². The molecule has 0 bridgehead atoms. The van der Waals surface area contributed by atoms with Gasteiger partial charge >= 0.3 is 0 Å². The molecule has 2 saturated heterocycles. The number of aliphatic hydroxyl groups is 2. The molecular weight excluding hydrogens is 202 g/mol. The van der Waals surface area contributed by atoms with Crippen molar-refractivity contribution in [2.24, 2.45) is 5.73 Å². The van der Waals surface area contributed by atoms with Gasteiger partial charge in [0.2, 0.25) is 0 Å². The predicted molar refractivity (Wildman–Crippen MR) is 49.8 cm³/mol. The van der Waals surface area contributed by atoms with Gasteiger partial charge in [0.15, 0.2) is 12.1 Å². The van der Waals surface area contributed by atoms with Crippen LogP contribution in [0.15, 0.2) is 0 Å². The normalized spacial score (nSPS) is 45.4. The Kier molecular flexibility index (Phi) is 2.74. The first-order valence-corrected chi connectivity index (χ1v) is 5.02. The Morgan fingerprint density at radius 1 is 1.40 bits per heavy atom. The summed E-state index contributed by atoms with van der Waals surface area (Å²) in [5, 5.41) is 19.3. The van der Waals surface area contributed by atoms with Crippen molar-refractivity contribution in [2.45, 2.75) is 50.3 Å². The minimum absolute atomic E-state index is 0.0323. The second kappa shape index (κ2) is 3.65. The minimum Gasteiger partial charge on any atom is -0.389 e. The van der Waals surface area contributed by atoms with Crippen molar-refractivity contribution in [2.75, 3.05) is 6.54 Å². The largest absolute Gasteiger partial charge is 0.389 e. The maximum atomic E-state index is 9.85. The average Bonchev–Trinajstić information content (AvgIpc) is 2.60. The highest BCUT2D eigenvalue weighted by molar-refractivity contribution is 4.95. The number of nitrogens with two attached hydrogens (primary N) is 1. The highest BCUT2D eigenvalue weighted by Crippen LogP contribution is 2.37. The fourth-order valence-corrected chi connectivity index (χ4v) is 1.97. The van der Waals surface area contributed by atoms with Gasteiger partial charge in [-0.05, 0) is 13.8 Å². The zero-order chi connectivity index (χ0) is 11.2. The van der Waals surface area contributed by atoms with Crippen LogP contribution in [0.5, 0.6) is 0 Å². The Bertz CT molecular complexity index is 247. The summed E-state index contributed by atoms with van der Waals surface area (Å²) in [5.41, 5.74) is 5.29. The van der Waals surface area contributed by atoms with Gasteiger partial charge in [0.1, 0.15) is 18.3 Å². The third-order valence-electron chi connectivity index (χ3n) is 2.67. The Hall–Kier alpha value is -0.240. The Labute approximate surface area is 87.9 Å². The molecule has 0 aromatic carbocycles. The van der Waals surface area contributed by atoms with Crippen molar-refractivity contribution >= 4 is 0 Å². The monoisotopic (exact) mass is 219 g/mol. The standard InChI is InChI=1S/C9H17NO5/c1-9(2)14-7-5(12)6(4(11)3-10)13-8(7)15-9/h4-8,11-12H,3,10H2,1-2H3/t4?,5-,6+,7+,8+/m0/s1. The van der Waals surface area contributed by atoms with Crippen molar-refractivity contribution in [1.82, 2.24) is 0 Å². The van der Waals surface area contributed by atoms with E-state index in [1.165, 1.54) is 0 Å². The van der Waals surface area contributed by atoms with Crippen LogP contribution in [0, 0.1) is 0 Å². The van der Waals surface area contributed by atoms with Gasteiger partial charge < -0.3 is 30.2 Å². The summed E-state index contributed by atoms with van der Waals surface area (Å²) >= 11 is 0. The van der Waals surface area contributed by atoms with Crippen molar-refractivity contribution in [3.05, 3.63) is 0 Å². The van der Waals surface area contributed by atoms with Gasteiger partial charge in [-0.2, -0.15) is 0 Å². The number of hydrogen-bond acceptors (Lipinski definition) is 6. The van der Waals surface area contributed by atoms with E-state index in [-0.39, 0.29) is 6.54 Å².